The lowest BCUT2D eigenvalue weighted by atomic mass is 10.1. The first-order valence-electron chi connectivity index (χ1n) is 6.62. The Morgan fingerprint density at radius 3 is 2.50 bits per heavy atom. The topological polar surface area (TPSA) is 48.3 Å². The van der Waals surface area contributed by atoms with Crippen molar-refractivity contribution < 1.29 is 14.3 Å². The van der Waals surface area contributed by atoms with Gasteiger partial charge in [-0.15, -0.1) is 0 Å². The summed E-state index contributed by atoms with van der Waals surface area (Å²) in [5, 5.41) is 0. The molecule has 1 aromatic carbocycles. The van der Waals surface area contributed by atoms with Crippen molar-refractivity contribution in [2.24, 2.45) is 0 Å². The first kappa shape index (κ1) is 12.7. The third-order valence-corrected chi connectivity index (χ3v) is 3.65. The SMILES string of the molecule is COC(=O)c1ccc(-c2ccc3n2CCCC3=O)cc1. The number of carbonyl (C=O) groups excluding carboxylic acids is 2. The van der Waals surface area contributed by atoms with Gasteiger partial charge in [-0.25, -0.2) is 4.79 Å². The quantitative estimate of drug-likeness (QED) is 0.787. The molecule has 4 nitrogen and oxygen atoms in total. The van der Waals surface area contributed by atoms with Crippen LogP contribution in [0.5, 0.6) is 0 Å². The predicted molar refractivity (Wildman–Crippen MR) is 74.8 cm³/mol. The zero-order valence-corrected chi connectivity index (χ0v) is 11.3. The monoisotopic (exact) mass is 269 g/mol. The molecule has 0 unspecified atom stereocenters. The second-order valence-corrected chi connectivity index (χ2v) is 4.85. The van der Waals surface area contributed by atoms with Crippen LogP contribution >= 0.6 is 0 Å². The summed E-state index contributed by atoms with van der Waals surface area (Å²) >= 11 is 0. The van der Waals surface area contributed by atoms with E-state index >= 15 is 0 Å². The van der Waals surface area contributed by atoms with Crippen molar-refractivity contribution in [2.45, 2.75) is 19.4 Å². The second kappa shape index (κ2) is 4.96. The van der Waals surface area contributed by atoms with Crippen LogP contribution in [0.1, 0.15) is 33.7 Å². The van der Waals surface area contributed by atoms with Crippen molar-refractivity contribution in [1.82, 2.24) is 4.57 Å². The van der Waals surface area contributed by atoms with Crippen LogP contribution in [0.15, 0.2) is 36.4 Å². The lowest BCUT2D eigenvalue weighted by Crippen LogP contribution is -2.16. The van der Waals surface area contributed by atoms with Gasteiger partial charge in [0.2, 0.25) is 0 Å². The zero-order chi connectivity index (χ0) is 14.1. The van der Waals surface area contributed by atoms with E-state index in [1.54, 1.807) is 12.1 Å². The van der Waals surface area contributed by atoms with Gasteiger partial charge in [-0.1, -0.05) is 12.1 Å². The molecule has 0 aliphatic carbocycles. The summed E-state index contributed by atoms with van der Waals surface area (Å²) in [4.78, 5) is 23.2. The first-order valence-corrected chi connectivity index (χ1v) is 6.62. The standard InChI is InChI=1S/C16H15NO3/c1-20-16(19)12-6-4-11(5-7-12)13-8-9-14-15(18)3-2-10-17(13)14/h4-9H,2-3,10H2,1H3. The minimum Gasteiger partial charge on any atom is -0.465 e. The Balaban J connectivity index is 1.98. The van der Waals surface area contributed by atoms with Crippen molar-refractivity contribution in [3.8, 4) is 11.3 Å². The van der Waals surface area contributed by atoms with Gasteiger partial charge in [0.1, 0.15) is 0 Å². The number of hydrogen-bond acceptors (Lipinski definition) is 3. The van der Waals surface area contributed by atoms with E-state index in [9.17, 15) is 9.59 Å². The minimum absolute atomic E-state index is 0.202. The Kier molecular flexibility index (Phi) is 3.14. The molecule has 0 N–H and O–H groups in total. The smallest absolute Gasteiger partial charge is 0.337 e. The van der Waals surface area contributed by atoms with E-state index in [-0.39, 0.29) is 11.8 Å². The van der Waals surface area contributed by atoms with E-state index in [1.165, 1.54) is 7.11 Å². The number of rotatable bonds is 2. The van der Waals surface area contributed by atoms with E-state index < -0.39 is 0 Å². The minimum atomic E-state index is -0.344. The van der Waals surface area contributed by atoms with Gasteiger partial charge in [0.15, 0.2) is 5.78 Å². The van der Waals surface area contributed by atoms with Gasteiger partial charge in [-0.05, 0) is 36.2 Å². The molecule has 1 aliphatic heterocycles. The number of carbonyl (C=O) groups is 2. The largest absolute Gasteiger partial charge is 0.465 e. The average molecular weight is 269 g/mol. The van der Waals surface area contributed by atoms with Crippen molar-refractivity contribution in [2.75, 3.05) is 7.11 Å². The molecule has 0 atom stereocenters. The molecule has 1 aliphatic rings. The van der Waals surface area contributed by atoms with Crippen molar-refractivity contribution in [3.63, 3.8) is 0 Å². The van der Waals surface area contributed by atoms with Crippen LogP contribution in [0.25, 0.3) is 11.3 Å². The maximum absolute atomic E-state index is 11.8. The first-order chi connectivity index (χ1) is 9.70. The van der Waals surface area contributed by atoms with E-state index in [4.69, 9.17) is 0 Å². The Morgan fingerprint density at radius 1 is 1.10 bits per heavy atom. The van der Waals surface area contributed by atoms with Gasteiger partial charge in [-0.3, -0.25) is 4.79 Å². The summed E-state index contributed by atoms with van der Waals surface area (Å²) in [6.45, 7) is 0.863. The Bertz CT molecular complexity index is 668. The molecule has 0 radical (unpaired) electrons. The maximum Gasteiger partial charge on any atom is 0.337 e. The Labute approximate surface area is 117 Å². The van der Waals surface area contributed by atoms with Gasteiger partial charge in [-0.2, -0.15) is 0 Å². The molecule has 0 fully saturated rings. The third-order valence-electron chi connectivity index (χ3n) is 3.65. The van der Waals surface area contributed by atoms with Gasteiger partial charge in [0.05, 0.1) is 18.4 Å². The molecule has 0 saturated heterocycles. The number of fused-ring (bicyclic) bond motifs is 1. The average Bonchev–Trinajstić information content (AvgIpc) is 2.92. The van der Waals surface area contributed by atoms with Crippen molar-refractivity contribution in [1.29, 1.82) is 0 Å². The van der Waals surface area contributed by atoms with E-state index in [2.05, 4.69) is 9.30 Å². The van der Waals surface area contributed by atoms with Gasteiger partial charge in [0.25, 0.3) is 0 Å². The van der Waals surface area contributed by atoms with Crippen molar-refractivity contribution >= 4 is 11.8 Å². The fourth-order valence-corrected chi connectivity index (χ4v) is 2.62. The Hall–Kier alpha value is -2.36. The highest BCUT2D eigenvalue weighted by molar-refractivity contribution is 5.96. The van der Waals surface area contributed by atoms with E-state index in [0.717, 1.165) is 29.9 Å². The maximum atomic E-state index is 11.8. The number of Topliss-reactive ketones (excluding diaryl/α,β-unsaturated/α-hetero) is 1. The van der Waals surface area contributed by atoms with Gasteiger partial charge in [0, 0.05) is 18.7 Å². The molecule has 0 bridgehead atoms. The number of esters is 1. The number of hydrogen-bond donors (Lipinski definition) is 0. The molecule has 2 heterocycles. The molecule has 1 aromatic heterocycles. The molecule has 2 aromatic rings. The normalized spacial score (nSPS) is 13.9. The van der Waals surface area contributed by atoms with Gasteiger partial charge < -0.3 is 9.30 Å². The predicted octanol–water partition coefficient (Wildman–Crippen LogP) is 2.92. The number of nitrogens with zero attached hydrogens (tertiary/aromatic N) is 1. The summed E-state index contributed by atoms with van der Waals surface area (Å²) in [5.74, 6) is -0.141. The molecule has 0 amide bonds. The summed E-state index contributed by atoms with van der Waals surface area (Å²) in [7, 11) is 1.37. The van der Waals surface area contributed by atoms with Crippen LogP contribution in [0.2, 0.25) is 0 Å². The lowest BCUT2D eigenvalue weighted by Gasteiger charge is -2.17. The molecule has 4 heteroatoms. The molecule has 0 spiro atoms. The van der Waals surface area contributed by atoms with Crippen molar-refractivity contribution in [3.05, 3.63) is 47.7 Å². The molecule has 102 valence electrons. The van der Waals surface area contributed by atoms with Crippen LogP contribution in [0.3, 0.4) is 0 Å². The lowest BCUT2D eigenvalue weighted by molar-refractivity contribution is 0.0600. The highest BCUT2D eigenvalue weighted by Gasteiger charge is 2.20. The fourth-order valence-electron chi connectivity index (χ4n) is 2.62. The van der Waals surface area contributed by atoms with Crippen LogP contribution in [0.4, 0.5) is 0 Å². The molecular formula is C16H15NO3. The Morgan fingerprint density at radius 2 is 1.80 bits per heavy atom. The highest BCUT2D eigenvalue weighted by Crippen LogP contribution is 2.27. The number of ether oxygens (including phenoxy) is 1. The zero-order valence-electron chi connectivity index (χ0n) is 11.3. The fraction of sp³-hybridized carbons (Fsp3) is 0.250. The summed E-state index contributed by atoms with van der Waals surface area (Å²) in [6.07, 6.45) is 1.51. The second-order valence-electron chi connectivity index (χ2n) is 4.85. The van der Waals surface area contributed by atoms with E-state index in [0.29, 0.717) is 12.0 Å². The molecule has 3 rings (SSSR count). The van der Waals surface area contributed by atoms with Crippen LogP contribution in [-0.2, 0) is 11.3 Å². The number of ketones is 1. The summed E-state index contributed by atoms with van der Waals surface area (Å²) in [6, 6.07) is 11.1. The number of aromatic nitrogens is 1. The molecular weight excluding hydrogens is 254 g/mol. The number of methoxy groups -OCH3 is 1. The molecule has 20 heavy (non-hydrogen) atoms. The van der Waals surface area contributed by atoms with E-state index in [1.807, 2.05) is 24.3 Å². The highest BCUT2D eigenvalue weighted by atomic mass is 16.5. The molecule has 0 saturated carbocycles. The summed E-state index contributed by atoms with van der Waals surface area (Å²) < 4.78 is 6.74. The van der Waals surface area contributed by atoms with Crippen LogP contribution in [-0.4, -0.2) is 23.4 Å². The van der Waals surface area contributed by atoms with Crippen LogP contribution in [0, 0.1) is 0 Å². The van der Waals surface area contributed by atoms with Gasteiger partial charge >= 0.3 is 5.97 Å². The third kappa shape index (κ3) is 2.03. The number of benzene rings is 1. The summed E-state index contributed by atoms with van der Waals surface area (Å²) in [5.41, 5.74) is 3.32. The van der Waals surface area contributed by atoms with Crippen LogP contribution < -0.4 is 0 Å².